The summed E-state index contributed by atoms with van der Waals surface area (Å²) in [5, 5.41) is 2.60. The van der Waals surface area contributed by atoms with Gasteiger partial charge in [0.05, 0.1) is 10.5 Å². The quantitative estimate of drug-likeness (QED) is 0.684. The molecule has 0 bridgehead atoms. The standard InChI is InChI=1S/C21H24FN3O4S2/c1-3-23-31(28,29)16-5-6-18(22)17(13-16)20(26)24-19-7-4-15(12-14(19)2)21(27)25-8-10-30-11-9-25/h4-7,12-13,23H,3,8-11H2,1-2H3,(H,24,26). The number of hydrogen-bond acceptors (Lipinski definition) is 5. The zero-order valence-corrected chi connectivity index (χ0v) is 18.9. The normalized spacial score (nSPS) is 14.4. The molecule has 0 unspecified atom stereocenters. The van der Waals surface area contributed by atoms with Crippen molar-refractivity contribution in [2.75, 3.05) is 36.5 Å². The Morgan fingerprint density at radius 3 is 2.48 bits per heavy atom. The van der Waals surface area contributed by atoms with Crippen LogP contribution in [0.5, 0.6) is 0 Å². The van der Waals surface area contributed by atoms with Gasteiger partial charge in [-0.15, -0.1) is 0 Å². The Kier molecular flexibility index (Phi) is 7.34. The maximum absolute atomic E-state index is 14.2. The van der Waals surface area contributed by atoms with Gasteiger partial charge in [0.2, 0.25) is 10.0 Å². The second-order valence-corrected chi connectivity index (χ2v) is 10.0. The first-order valence-electron chi connectivity index (χ1n) is 9.81. The highest BCUT2D eigenvalue weighted by Gasteiger charge is 2.21. The Morgan fingerprint density at radius 1 is 1.13 bits per heavy atom. The number of carbonyl (C=O) groups is 2. The Labute approximate surface area is 185 Å². The van der Waals surface area contributed by atoms with Crippen LogP contribution in [-0.4, -0.2) is 56.3 Å². The molecule has 1 heterocycles. The highest BCUT2D eigenvalue weighted by atomic mass is 32.2. The third-order valence-electron chi connectivity index (χ3n) is 4.85. The van der Waals surface area contributed by atoms with E-state index in [1.165, 1.54) is 0 Å². The third-order valence-corrected chi connectivity index (χ3v) is 7.33. The minimum absolute atomic E-state index is 0.0614. The van der Waals surface area contributed by atoms with Crippen LogP contribution in [0, 0.1) is 12.7 Å². The highest BCUT2D eigenvalue weighted by molar-refractivity contribution is 7.99. The number of sulfonamides is 1. The van der Waals surface area contributed by atoms with Crippen LogP contribution in [0.25, 0.3) is 0 Å². The molecule has 2 N–H and O–H groups in total. The van der Waals surface area contributed by atoms with Crippen LogP contribution < -0.4 is 10.0 Å². The molecule has 10 heteroatoms. The van der Waals surface area contributed by atoms with Gasteiger partial charge in [-0.1, -0.05) is 6.92 Å². The van der Waals surface area contributed by atoms with Crippen LogP contribution in [0.2, 0.25) is 0 Å². The van der Waals surface area contributed by atoms with Gasteiger partial charge in [-0.2, -0.15) is 11.8 Å². The van der Waals surface area contributed by atoms with Crippen LogP contribution >= 0.6 is 11.8 Å². The molecule has 0 aromatic heterocycles. The van der Waals surface area contributed by atoms with Gasteiger partial charge in [-0.3, -0.25) is 9.59 Å². The third kappa shape index (κ3) is 5.44. The topological polar surface area (TPSA) is 95.6 Å². The van der Waals surface area contributed by atoms with Crippen molar-refractivity contribution < 1.29 is 22.4 Å². The van der Waals surface area contributed by atoms with E-state index in [9.17, 15) is 22.4 Å². The summed E-state index contributed by atoms with van der Waals surface area (Å²) in [6.45, 7) is 4.93. The largest absolute Gasteiger partial charge is 0.337 e. The molecule has 2 amide bonds. The molecule has 1 aliphatic rings. The smallest absolute Gasteiger partial charge is 0.258 e. The second-order valence-electron chi connectivity index (χ2n) is 7.03. The molecule has 1 fully saturated rings. The fourth-order valence-electron chi connectivity index (χ4n) is 3.19. The predicted octanol–water partition coefficient (Wildman–Crippen LogP) is 2.87. The molecule has 7 nitrogen and oxygen atoms in total. The van der Waals surface area contributed by atoms with Crippen molar-refractivity contribution in [3.05, 3.63) is 58.9 Å². The van der Waals surface area contributed by atoms with Crippen molar-refractivity contribution in [3.8, 4) is 0 Å². The van der Waals surface area contributed by atoms with Gasteiger partial charge < -0.3 is 10.2 Å². The molecule has 2 aromatic carbocycles. The monoisotopic (exact) mass is 465 g/mol. The van der Waals surface area contributed by atoms with Crippen LogP contribution in [-0.2, 0) is 10.0 Å². The molecular weight excluding hydrogens is 441 g/mol. The number of halogens is 1. The van der Waals surface area contributed by atoms with Crippen molar-refractivity contribution in [1.82, 2.24) is 9.62 Å². The summed E-state index contributed by atoms with van der Waals surface area (Å²) in [4.78, 5) is 26.9. The molecule has 3 rings (SSSR count). The SMILES string of the molecule is CCNS(=O)(=O)c1ccc(F)c(C(=O)Nc2ccc(C(=O)N3CCSCC3)cc2C)c1. The molecule has 0 spiro atoms. The summed E-state index contributed by atoms with van der Waals surface area (Å²) in [5.74, 6) is 0.148. The number of benzene rings is 2. The van der Waals surface area contributed by atoms with E-state index in [-0.39, 0.29) is 22.9 Å². The van der Waals surface area contributed by atoms with E-state index in [0.29, 0.717) is 29.9 Å². The minimum atomic E-state index is -3.83. The van der Waals surface area contributed by atoms with E-state index >= 15 is 0 Å². The average Bonchev–Trinajstić information content (AvgIpc) is 2.75. The van der Waals surface area contributed by atoms with E-state index in [2.05, 4.69) is 10.0 Å². The molecule has 1 aliphatic heterocycles. The molecule has 166 valence electrons. The van der Waals surface area contributed by atoms with Gasteiger partial charge in [0.25, 0.3) is 11.8 Å². The summed E-state index contributed by atoms with van der Waals surface area (Å²) in [6.07, 6.45) is 0. The van der Waals surface area contributed by atoms with Gasteiger partial charge in [0, 0.05) is 42.4 Å². The molecular formula is C21H24FN3O4S2. The van der Waals surface area contributed by atoms with Gasteiger partial charge in [0.15, 0.2) is 0 Å². The summed E-state index contributed by atoms with van der Waals surface area (Å²) >= 11 is 1.81. The van der Waals surface area contributed by atoms with E-state index in [0.717, 1.165) is 29.7 Å². The van der Waals surface area contributed by atoms with E-state index in [4.69, 9.17) is 0 Å². The maximum atomic E-state index is 14.2. The molecule has 2 aromatic rings. The molecule has 0 radical (unpaired) electrons. The molecule has 0 atom stereocenters. The lowest BCUT2D eigenvalue weighted by Crippen LogP contribution is -2.37. The minimum Gasteiger partial charge on any atom is -0.337 e. The van der Waals surface area contributed by atoms with Crippen molar-refractivity contribution >= 4 is 39.3 Å². The average molecular weight is 466 g/mol. The number of thioether (sulfide) groups is 1. The lowest BCUT2D eigenvalue weighted by atomic mass is 10.1. The zero-order chi connectivity index (χ0) is 22.6. The summed E-state index contributed by atoms with van der Waals surface area (Å²) in [6, 6.07) is 7.96. The Morgan fingerprint density at radius 2 is 1.84 bits per heavy atom. The van der Waals surface area contributed by atoms with Crippen LogP contribution in [0.1, 0.15) is 33.2 Å². The van der Waals surface area contributed by atoms with Crippen LogP contribution in [0.4, 0.5) is 10.1 Å². The second kappa shape index (κ2) is 9.80. The van der Waals surface area contributed by atoms with Gasteiger partial charge in [0.1, 0.15) is 5.82 Å². The predicted molar refractivity (Wildman–Crippen MR) is 120 cm³/mol. The molecule has 0 saturated carbocycles. The zero-order valence-electron chi connectivity index (χ0n) is 17.3. The first kappa shape index (κ1) is 23.2. The first-order valence-corrected chi connectivity index (χ1v) is 12.4. The number of anilines is 1. The number of rotatable bonds is 6. The Bertz CT molecular complexity index is 1100. The first-order chi connectivity index (χ1) is 14.7. The van der Waals surface area contributed by atoms with E-state index < -0.39 is 21.7 Å². The number of amides is 2. The van der Waals surface area contributed by atoms with Gasteiger partial charge >= 0.3 is 0 Å². The van der Waals surface area contributed by atoms with Crippen molar-refractivity contribution in [1.29, 1.82) is 0 Å². The number of hydrogen-bond donors (Lipinski definition) is 2. The van der Waals surface area contributed by atoms with Gasteiger partial charge in [-0.25, -0.2) is 17.5 Å². The van der Waals surface area contributed by atoms with E-state index in [1.807, 2.05) is 11.8 Å². The van der Waals surface area contributed by atoms with Crippen molar-refractivity contribution in [2.24, 2.45) is 0 Å². The molecule has 1 saturated heterocycles. The number of nitrogens with one attached hydrogen (secondary N) is 2. The van der Waals surface area contributed by atoms with Gasteiger partial charge in [-0.05, 0) is 48.9 Å². The maximum Gasteiger partial charge on any atom is 0.258 e. The fourth-order valence-corrected chi connectivity index (χ4v) is 5.16. The highest BCUT2D eigenvalue weighted by Crippen LogP contribution is 2.22. The lowest BCUT2D eigenvalue weighted by molar-refractivity contribution is 0.0772. The van der Waals surface area contributed by atoms with Crippen LogP contribution in [0.15, 0.2) is 41.3 Å². The Hall–Kier alpha value is -2.43. The van der Waals surface area contributed by atoms with E-state index in [1.54, 1.807) is 36.9 Å². The molecule has 0 aliphatic carbocycles. The molecule has 31 heavy (non-hydrogen) atoms. The number of nitrogens with zero attached hydrogens (tertiary/aromatic N) is 1. The van der Waals surface area contributed by atoms with Crippen molar-refractivity contribution in [3.63, 3.8) is 0 Å². The number of carbonyl (C=O) groups excluding carboxylic acids is 2. The fraction of sp³-hybridized carbons (Fsp3) is 0.333. The summed E-state index contributed by atoms with van der Waals surface area (Å²) in [5.41, 5.74) is 1.19. The number of aryl methyl sites for hydroxylation is 1. The summed E-state index contributed by atoms with van der Waals surface area (Å²) < 4.78 is 40.9. The van der Waals surface area contributed by atoms with Crippen molar-refractivity contribution in [2.45, 2.75) is 18.7 Å². The Balaban J connectivity index is 1.80. The van der Waals surface area contributed by atoms with Crippen LogP contribution in [0.3, 0.4) is 0 Å². The summed E-state index contributed by atoms with van der Waals surface area (Å²) in [7, 11) is -3.83. The lowest BCUT2D eigenvalue weighted by Gasteiger charge is -2.26.